The summed E-state index contributed by atoms with van der Waals surface area (Å²) in [4.78, 5) is 29.6. The molecule has 0 saturated carbocycles. The van der Waals surface area contributed by atoms with Crippen LogP contribution in [0.2, 0.25) is 0 Å². The number of amides is 2. The van der Waals surface area contributed by atoms with Crippen molar-refractivity contribution in [3.05, 3.63) is 35.4 Å². The first-order valence-corrected chi connectivity index (χ1v) is 9.62. The molecule has 7 nitrogen and oxygen atoms in total. The van der Waals surface area contributed by atoms with E-state index >= 15 is 0 Å². The Kier molecular flexibility index (Phi) is 10.4. The summed E-state index contributed by atoms with van der Waals surface area (Å²) in [5.74, 6) is 1.56. The number of rotatable bonds is 6. The highest BCUT2D eigenvalue weighted by Gasteiger charge is 2.21. The van der Waals surface area contributed by atoms with E-state index in [0.29, 0.717) is 25.2 Å². The minimum absolute atomic E-state index is 0. The van der Waals surface area contributed by atoms with Crippen LogP contribution in [0, 0.1) is 0 Å². The van der Waals surface area contributed by atoms with E-state index in [4.69, 9.17) is 0 Å². The summed E-state index contributed by atoms with van der Waals surface area (Å²) < 4.78 is 0. The standard InChI is InChI=1S/C17H25N5O2S.HI/c1-18-17(20-8-10-25-2)21-11-13-3-5-14(6-4-13)16(24)22-9-7-19-15(23)12-22;/h3-6H,7-12H2,1-2H3,(H,19,23)(H2,18,20,21);1H. The Morgan fingerprint density at radius 3 is 2.65 bits per heavy atom. The van der Waals surface area contributed by atoms with Crippen molar-refractivity contribution in [2.45, 2.75) is 6.54 Å². The Morgan fingerprint density at radius 1 is 1.31 bits per heavy atom. The third kappa shape index (κ3) is 7.02. The predicted molar refractivity (Wildman–Crippen MR) is 117 cm³/mol. The van der Waals surface area contributed by atoms with Crippen LogP contribution in [0.5, 0.6) is 0 Å². The van der Waals surface area contributed by atoms with Gasteiger partial charge in [0.05, 0.1) is 6.54 Å². The van der Waals surface area contributed by atoms with Gasteiger partial charge in [0.15, 0.2) is 5.96 Å². The van der Waals surface area contributed by atoms with Crippen molar-refractivity contribution >= 4 is 53.5 Å². The molecule has 2 amide bonds. The lowest BCUT2D eigenvalue weighted by Gasteiger charge is -2.26. The molecule has 9 heteroatoms. The minimum Gasteiger partial charge on any atom is -0.356 e. The zero-order chi connectivity index (χ0) is 18.1. The largest absolute Gasteiger partial charge is 0.356 e. The van der Waals surface area contributed by atoms with E-state index < -0.39 is 0 Å². The number of carbonyl (C=O) groups is 2. The second-order valence-electron chi connectivity index (χ2n) is 5.62. The molecule has 1 aromatic carbocycles. The number of hydrogen-bond acceptors (Lipinski definition) is 4. The normalized spacial score (nSPS) is 14.3. The number of thioether (sulfide) groups is 1. The van der Waals surface area contributed by atoms with Crippen molar-refractivity contribution in [1.29, 1.82) is 0 Å². The van der Waals surface area contributed by atoms with Crippen molar-refractivity contribution in [2.75, 3.05) is 45.2 Å². The molecular formula is C17H26IN5O2S. The third-order valence-electron chi connectivity index (χ3n) is 3.81. The SMILES string of the molecule is CN=C(NCCSC)NCc1ccc(C(=O)N2CCNC(=O)C2)cc1.I. The number of halogens is 1. The molecule has 2 rings (SSSR count). The second kappa shape index (κ2) is 12.0. The first-order chi connectivity index (χ1) is 12.1. The van der Waals surface area contributed by atoms with Crippen LogP contribution in [0.4, 0.5) is 0 Å². The monoisotopic (exact) mass is 491 g/mol. The van der Waals surface area contributed by atoms with Gasteiger partial charge in [-0.3, -0.25) is 14.6 Å². The van der Waals surface area contributed by atoms with E-state index in [1.807, 2.05) is 12.1 Å². The third-order valence-corrected chi connectivity index (χ3v) is 4.42. The fourth-order valence-corrected chi connectivity index (χ4v) is 2.74. The van der Waals surface area contributed by atoms with Gasteiger partial charge in [-0.05, 0) is 24.0 Å². The summed E-state index contributed by atoms with van der Waals surface area (Å²) in [6, 6.07) is 7.43. The number of hydrogen-bond donors (Lipinski definition) is 3. The Hall–Kier alpha value is -1.49. The van der Waals surface area contributed by atoms with E-state index in [-0.39, 0.29) is 42.3 Å². The lowest BCUT2D eigenvalue weighted by molar-refractivity contribution is -0.123. The highest BCUT2D eigenvalue weighted by Crippen LogP contribution is 2.09. The van der Waals surface area contributed by atoms with E-state index in [1.165, 1.54) is 0 Å². The molecule has 0 aromatic heterocycles. The fraction of sp³-hybridized carbons (Fsp3) is 0.471. The maximum absolute atomic E-state index is 12.4. The molecule has 3 N–H and O–H groups in total. The first kappa shape index (κ1) is 22.6. The molecule has 0 atom stereocenters. The molecule has 1 saturated heterocycles. The van der Waals surface area contributed by atoms with Gasteiger partial charge >= 0.3 is 0 Å². The number of guanidine groups is 1. The summed E-state index contributed by atoms with van der Waals surface area (Å²) in [6.45, 7) is 2.67. The van der Waals surface area contributed by atoms with Crippen LogP contribution in [0.25, 0.3) is 0 Å². The quantitative estimate of drug-likeness (QED) is 0.239. The van der Waals surface area contributed by atoms with Crippen LogP contribution in [0.15, 0.2) is 29.3 Å². The van der Waals surface area contributed by atoms with Crippen molar-refractivity contribution in [3.8, 4) is 0 Å². The van der Waals surface area contributed by atoms with E-state index in [0.717, 1.165) is 23.8 Å². The lowest BCUT2D eigenvalue weighted by atomic mass is 10.1. The van der Waals surface area contributed by atoms with Gasteiger partial charge in [-0.15, -0.1) is 24.0 Å². The zero-order valence-corrected chi connectivity index (χ0v) is 18.2. The summed E-state index contributed by atoms with van der Waals surface area (Å²) in [6.07, 6.45) is 2.07. The molecule has 0 aliphatic carbocycles. The van der Waals surface area contributed by atoms with Crippen LogP contribution in [0.1, 0.15) is 15.9 Å². The smallest absolute Gasteiger partial charge is 0.254 e. The number of carbonyl (C=O) groups excluding carboxylic acids is 2. The number of aliphatic imine (C=N–C) groups is 1. The van der Waals surface area contributed by atoms with Crippen LogP contribution in [0.3, 0.4) is 0 Å². The first-order valence-electron chi connectivity index (χ1n) is 8.22. The number of nitrogens with zero attached hydrogens (tertiary/aromatic N) is 2. The average molecular weight is 491 g/mol. The topological polar surface area (TPSA) is 85.8 Å². The summed E-state index contributed by atoms with van der Waals surface area (Å²) in [5, 5.41) is 9.20. The summed E-state index contributed by atoms with van der Waals surface area (Å²) in [5.41, 5.74) is 1.65. The number of nitrogens with one attached hydrogen (secondary N) is 3. The van der Waals surface area contributed by atoms with Gasteiger partial charge in [0.2, 0.25) is 5.91 Å². The van der Waals surface area contributed by atoms with Gasteiger partial charge in [-0.25, -0.2) is 0 Å². The molecule has 1 aliphatic heterocycles. The molecule has 1 fully saturated rings. The molecule has 1 aliphatic rings. The Labute approximate surface area is 175 Å². The minimum atomic E-state index is -0.110. The Morgan fingerprint density at radius 2 is 2.04 bits per heavy atom. The number of piperazine rings is 1. The van der Waals surface area contributed by atoms with Crippen LogP contribution in [-0.2, 0) is 11.3 Å². The second-order valence-corrected chi connectivity index (χ2v) is 6.60. The lowest BCUT2D eigenvalue weighted by Crippen LogP contribution is -2.49. The number of benzene rings is 1. The van der Waals surface area contributed by atoms with Crippen LogP contribution < -0.4 is 16.0 Å². The molecular weight excluding hydrogens is 465 g/mol. The van der Waals surface area contributed by atoms with Gasteiger partial charge in [-0.1, -0.05) is 12.1 Å². The summed E-state index contributed by atoms with van der Waals surface area (Å²) in [7, 11) is 1.74. The van der Waals surface area contributed by atoms with E-state index in [2.05, 4.69) is 27.2 Å². The van der Waals surface area contributed by atoms with Crippen LogP contribution >= 0.6 is 35.7 Å². The average Bonchev–Trinajstić information content (AvgIpc) is 2.64. The molecule has 1 heterocycles. The molecule has 1 aromatic rings. The van der Waals surface area contributed by atoms with Gasteiger partial charge < -0.3 is 20.9 Å². The van der Waals surface area contributed by atoms with Crippen LogP contribution in [-0.4, -0.2) is 67.9 Å². The van der Waals surface area contributed by atoms with Gasteiger partial charge in [0.25, 0.3) is 5.91 Å². The van der Waals surface area contributed by atoms with Gasteiger partial charge in [0, 0.05) is 44.5 Å². The van der Waals surface area contributed by atoms with Gasteiger partial charge in [0.1, 0.15) is 0 Å². The Balaban J connectivity index is 0.00000338. The van der Waals surface area contributed by atoms with E-state index in [9.17, 15) is 9.59 Å². The highest BCUT2D eigenvalue weighted by molar-refractivity contribution is 14.0. The fourth-order valence-electron chi connectivity index (χ4n) is 2.44. The van der Waals surface area contributed by atoms with Gasteiger partial charge in [-0.2, -0.15) is 11.8 Å². The molecule has 0 unspecified atom stereocenters. The summed E-state index contributed by atoms with van der Waals surface area (Å²) >= 11 is 1.78. The van der Waals surface area contributed by atoms with Crippen molar-refractivity contribution in [2.24, 2.45) is 4.99 Å². The molecule has 144 valence electrons. The Bertz CT molecular complexity index is 624. The van der Waals surface area contributed by atoms with Crippen molar-refractivity contribution in [1.82, 2.24) is 20.9 Å². The maximum atomic E-state index is 12.4. The molecule has 26 heavy (non-hydrogen) atoms. The molecule has 0 bridgehead atoms. The molecule has 0 radical (unpaired) electrons. The van der Waals surface area contributed by atoms with E-state index in [1.54, 1.807) is 35.8 Å². The van der Waals surface area contributed by atoms with Crippen molar-refractivity contribution in [3.63, 3.8) is 0 Å². The predicted octanol–water partition coefficient (Wildman–Crippen LogP) is 0.905. The maximum Gasteiger partial charge on any atom is 0.254 e. The van der Waals surface area contributed by atoms with Crippen molar-refractivity contribution < 1.29 is 9.59 Å². The molecule has 0 spiro atoms. The zero-order valence-electron chi connectivity index (χ0n) is 15.1. The highest BCUT2D eigenvalue weighted by atomic mass is 127.